The van der Waals surface area contributed by atoms with E-state index in [2.05, 4.69) is 9.88 Å². The number of nitrogens with zero attached hydrogens (tertiary/aromatic N) is 3. The first kappa shape index (κ1) is 14.9. The van der Waals surface area contributed by atoms with E-state index in [1.165, 1.54) is 10.9 Å². The van der Waals surface area contributed by atoms with Crippen LogP contribution in [0.15, 0.2) is 35.4 Å². The predicted molar refractivity (Wildman–Crippen MR) is 82.7 cm³/mol. The number of fused-ring (bicyclic) bond motifs is 1. The van der Waals surface area contributed by atoms with E-state index in [4.69, 9.17) is 0 Å². The Kier molecular flexibility index (Phi) is 4.31. The molecule has 1 unspecified atom stereocenters. The van der Waals surface area contributed by atoms with E-state index in [0.29, 0.717) is 43.4 Å². The van der Waals surface area contributed by atoms with Gasteiger partial charge < -0.3 is 5.11 Å². The van der Waals surface area contributed by atoms with E-state index in [1.807, 2.05) is 6.07 Å². The van der Waals surface area contributed by atoms with Crippen LogP contribution < -0.4 is 5.56 Å². The van der Waals surface area contributed by atoms with Crippen molar-refractivity contribution in [2.45, 2.75) is 25.5 Å². The highest BCUT2D eigenvalue weighted by Gasteiger charge is 2.19. The van der Waals surface area contributed by atoms with Crippen molar-refractivity contribution in [3.8, 4) is 0 Å². The number of carbonyl (C=O) groups is 1. The second-order valence-electron chi connectivity index (χ2n) is 5.71. The number of aliphatic hydroxyl groups is 1. The number of carbonyl (C=O) groups excluding carboxylic acids is 1. The minimum Gasteiger partial charge on any atom is -0.390 e. The molecule has 0 aliphatic carbocycles. The molecule has 1 atom stereocenters. The molecular weight excluding hydrogens is 282 g/mol. The zero-order chi connectivity index (χ0) is 15.5. The Balaban J connectivity index is 1.69. The zero-order valence-electron chi connectivity index (χ0n) is 12.3. The zero-order valence-corrected chi connectivity index (χ0v) is 12.3. The van der Waals surface area contributed by atoms with Crippen molar-refractivity contribution in [1.29, 1.82) is 0 Å². The third kappa shape index (κ3) is 3.23. The summed E-state index contributed by atoms with van der Waals surface area (Å²) in [4.78, 5) is 29.9. The van der Waals surface area contributed by atoms with E-state index in [0.717, 1.165) is 0 Å². The summed E-state index contributed by atoms with van der Waals surface area (Å²) in [6.07, 6.45) is 1.91. The minimum atomic E-state index is -0.658. The summed E-state index contributed by atoms with van der Waals surface area (Å²) >= 11 is 0. The van der Waals surface area contributed by atoms with Gasteiger partial charge in [-0.05, 0) is 12.1 Å². The molecule has 3 rings (SSSR count). The lowest BCUT2D eigenvalue weighted by Gasteiger charge is -2.28. The molecule has 22 heavy (non-hydrogen) atoms. The molecular formula is C16H19N3O3. The molecule has 0 bridgehead atoms. The molecule has 1 aromatic carbocycles. The number of β-amino-alcohol motifs (C(OH)–C–C–N with tert-alkyl or cyclic N) is 1. The number of Topliss-reactive ketones (excluding diaryl/α,β-unsaturated/α-hetero) is 1. The number of ketones is 1. The minimum absolute atomic E-state index is 0.140. The van der Waals surface area contributed by atoms with Gasteiger partial charge in [0, 0.05) is 32.5 Å². The number of rotatable bonds is 4. The van der Waals surface area contributed by atoms with Crippen molar-refractivity contribution >= 4 is 16.7 Å². The number of benzene rings is 1. The molecule has 2 heterocycles. The van der Waals surface area contributed by atoms with Crippen molar-refractivity contribution in [2.75, 3.05) is 19.6 Å². The fourth-order valence-electron chi connectivity index (χ4n) is 2.80. The maximum atomic E-state index is 12.4. The number of hydrogen-bond acceptors (Lipinski definition) is 5. The number of likely N-dealkylation sites (tertiary alicyclic amines) is 1. The van der Waals surface area contributed by atoms with Gasteiger partial charge in [0.05, 0.1) is 29.9 Å². The van der Waals surface area contributed by atoms with Crippen LogP contribution in [-0.4, -0.2) is 51.1 Å². The Labute approximate surface area is 128 Å². The maximum absolute atomic E-state index is 12.4. The second kappa shape index (κ2) is 6.37. The van der Waals surface area contributed by atoms with Crippen LogP contribution in [-0.2, 0) is 11.3 Å². The number of piperidine rings is 1. The normalized spacial score (nSPS) is 17.8. The van der Waals surface area contributed by atoms with Crippen LogP contribution in [0.3, 0.4) is 0 Å². The highest BCUT2D eigenvalue weighted by atomic mass is 16.3. The Morgan fingerprint density at radius 2 is 1.86 bits per heavy atom. The molecule has 0 saturated carbocycles. The van der Waals surface area contributed by atoms with E-state index in [9.17, 15) is 14.7 Å². The van der Waals surface area contributed by atoms with Gasteiger partial charge in [-0.1, -0.05) is 12.1 Å². The average Bonchev–Trinajstić information content (AvgIpc) is 2.53. The summed E-state index contributed by atoms with van der Waals surface area (Å²) in [7, 11) is 0. The Morgan fingerprint density at radius 1 is 1.14 bits per heavy atom. The summed E-state index contributed by atoms with van der Waals surface area (Å²) in [5.41, 5.74) is 0.520. The first-order valence-corrected chi connectivity index (χ1v) is 7.50. The topological polar surface area (TPSA) is 75.4 Å². The number of para-hydroxylation sites is 1. The lowest BCUT2D eigenvalue weighted by molar-refractivity contribution is -0.121. The van der Waals surface area contributed by atoms with Crippen molar-refractivity contribution in [2.24, 2.45) is 0 Å². The van der Waals surface area contributed by atoms with Crippen LogP contribution in [0.5, 0.6) is 0 Å². The van der Waals surface area contributed by atoms with Gasteiger partial charge in [-0.2, -0.15) is 0 Å². The molecule has 1 saturated heterocycles. The molecule has 1 aliphatic rings. The monoisotopic (exact) mass is 301 g/mol. The Hall–Kier alpha value is -2.05. The van der Waals surface area contributed by atoms with Crippen molar-refractivity contribution < 1.29 is 9.90 Å². The lowest BCUT2D eigenvalue weighted by Crippen LogP contribution is -2.41. The average molecular weight is 301 g/mol. The van der Waals surface area contributed by atoms with Crippen molar-refractivity contribution in [3.63, 3.8) is 0 Å². The summed E-state index contributed by atoms with van der Waals surface area (Å²) in [6, 6.07) is 7.18. The standard InChI is InChI=1S/C16H19N3O3/c20-12-5-7-18(8-6-12)9-13(21)10-19-11-17-15-4-2-1-3-14(15)16(19)22/h1-4,11,13,21H,5-10H2. The third-order valence-corrected chi connectivity index (χ3v) is 4.02. The van der Waals surface area contributed by atoms with E-state index >= 15 is 0 Å². The van der Waals surface area contributed by atoms with Gasteiger partial charge in [0.1, 0.15) is 5.78 Å². The Morgan fingerprint density at radius 3 is 2.64 bits per heavy atom. The van der Waals surface area contributed by atoms with E-state index < -0.39 is 6.10 Å². The number of aromatic nitrogens is 2. The van der Waals surface area contributed by atoms with Crippen LogP contribution in [0.25, 0.3) is 10.9 Å². The van der Waals surface area contributed by atoms with E-state index in [1.54, 1.807) is 18.2 Å². The summed E-state index contributed by atoms with van der Waals surface area (Å²) < 4.78 is 1.45. The van der Waals surface area contributed by atoms with Gasteiger partial charge in [-0.3, -0.25) is 19.1 Å². The molecule has 1 N–H and O–H groups in total. The highest BCUT2D eigenvalue weighted by molar-refractivity contribution is 5.79. The summed E-state index contributed by atoms with van der Waals surface area (Å²) in [5, 5.41) is 10.8. The van der Waals surface area contributed by atoms with Crippen molar-refractivity contribution in [1.82, 2.24) is 14.5 Å². The highest BCUT2D eigenvalue weighted by Crippen LogP contribution is 2.08. The van der Waals surface area contributed by atoms with Gasteiger partial charge >= 0.3 is 0 Å². The third-order valence-electron chi connectivity index (χ3n) is 4.02. The van der Waals surface area contributed by atoms with Gasteiger partial charge in [0.25, 0.3) is 5.56 Å². The summed E-state index contributed by atoms with van der Waals surface area (Å²) in [5.74, 6) is 0.278. The number of aliphatic hydroxyl groups excluding tert-OH is 1. The van der Waals surface area contributed by atoms with E-state index in [-0.39, 0.29) is 17.9 Å². The predicted octanol–water partition coefficient (Wildman–Crippen LogP) is 0.422. The van der Waals surface area contributed by atoms with Gasteiger partial charge in [-0.25, -0.2) is 4.98 Å². The lowest BCUT2D eigenvalue weighted by atomic mass is 10.1. The molecule has 0 spiro atoms. The molecule has 2 aromatic rings. The van der Waals surface area contributed by atoms with Crippen LogP contribution in [0.4, 0.5) is 0 Å². The number of hydrogen-bond donors (Lipinski definition) is 1. The van der Waals surface area contributed by atoms with Crippen LogP contribution in [0, 0.1) is 0 Å². The maximum Gasteiger partial charge on any atom is 0.261 e. The SMILES string of the molecule is O=C1CCN(CC(O)Cn2cnc3ccccc3c2=O)CC1. The molecule has 1 aromatic heterocycles. The molecule has 0 amide bonds. The quantitative estimate of drug-likeness (QED) is 0.886. The van der Waals surface area contributed by atoms with Crippen LogP contribution >= 0.6 is 0 Å². The molecule has 1 aliphatic heterocycles. The van der Waals surface area contributed by atoms with Crippen LogP contribution in [0.1, 0.15) is 12.8 Å². The fraction of sp³-hybridized carbons (Fsp3) is 0.438. The van der Waals surface area contributed by atoms with Gasteiger partial charge in [0.15, 0.2) is 0 Å². The molecule has 6 nitrogen and oxygen atoms in total. The summed E-state index contributed by atoms with van der Waals surface area (Å²) in [6.45, 7) is 2.04. The first-order chi connectivity index (χ1) is 10.6. The smallest absolute Gasteiger partial charge is 0.261 e. The largest absolute Gasteiger partial charge is 0.390 e. The fourth-order valence-corrected chi connectivity index (χ4v) is 2.80. The van der Waals surface area contributed by atoms with Gasteiger partial charge in [0.2, 0.25) is 0 Å². The molecule has 116 valence electrons. The molecule has 6 heteroatoms. The first-order valence-electron chi connectivity index (χ1n) is 7.50. The second-order valence-corrected chi connectivity index (χ2v) is 5.71. The Bertz CT molecular complexity index is 731. The molecule has 0 radical (unpaired) electrons. The van der Waals surface area contributed by atoms with Crippen LogP contribution in [0.2, 0.25) is 0 Å². The van der Waals surface area contributed by atoms with Gasteiger partial charge in [-0.15, -0.1) is 0 Å². The van der Waals surface area contributed by atoms with Crippen molar-refractivity contribution in [3.05, 3.63) is 40.9 Å². The molecule has 1 fully saturated rings.